The number of allylic oxidation sites excluding steroid dienone is 2. The van der Waals surface area contributed by atoms with Gasteiger partial charge < -0.3 is 15.5 Å². The van der Waals surface area contributed by atoms with Crippen LogP contribution in [0, 0.1) is 0 Å². The lowest BCUT2D eigenvalue weighted by Crippen LogP contribution is -2.55. The summed E-state index contributed by atoms with van der Waals surface area (Å²) in [5.74, 6) is 0.782. The summed E-state index contributed by atoms with van der Waals surface area (Å²) in [5.41, 5.74) is 0.951. The van der Waals surface area contributed by atoms with Gasteiger partial charge in [0.25, 0.3) is 0 Å². The van der Waals surface area contributed by atoms with E-state index in [0.717, 1.165) is 37.8 Å². The zero-order chi connectivity index (χ0) is 14.9. The number of anilines is 1. The lowest BCUT2D eigenvalue weighted by atomic mass is 10.2. The maximum Gasteiger partial charge on any atom is 0.225 e. The summed E-state index contributed by atoms with van der Waals surface area (Å²) in [6, 6.07) is 2.13. The third-order valence-corrected chi connectivity index (χ3v) is 3.28. The smallest absolute Gasteiger partial charge is 0.225 e. The van der Waals surface area contributed by atoms with E-state index in [-0.39, 0.29) is 0 Å². The average molecular weight is 286 g/mol. The summed E-state index contributed by atoms with van der Waals surface area (Å²) in [4.78, 5) is 14.8. The Labute approximate surface area is 125 Å². The largest absolute Gasteiger partial charge is 0.382 e. The van der Waals surface area contributed by atoms with Gasteiger partial charge in [-0.05, 0) is 25.8 Å². The third kappa shape index (κ3) is 4.39. The van der Waals surface area contributed by atoms with Crippen LogP contribution in [0.1, 0.15) is 6.92 Å². The molecular formula is C15H22N6. The van der Waals surface area contributed by atoms with E-state index in [1.165, 1.54) is 0 Å². The Morgan fingerprint density at radius 2 is 2.38 bits per heavy atom. The molecule has 1 fully saturated rings. The maximum atomic E-state index is 4.35. The van der Waals surface area contributed by atoms with Gasteiger partial charge in [0.2, 0.25) is 5.95 Å². The van der Waals surface area contributed by atoms with Gasteiger partial charge in [-0.3, -0.25) is 4.99 Å². The van der Waals surface area contributed by atoms with E-state index in [9.17, 15) is 0 Å². The van der Waals surface area contributed by atoms with Gasteiger partial charge in [-0.15, -0.1) is 0 Å². The van der Waals surface area contributed by atoms with Gasteiger partial charge in [0.05, 0.1) is 11.7 Å². The summed E-state index contributed by atoms with van der Waals surface area (Å²) in [6.07, 6.45) is 9.23. The zero-order valence-electron chi connectivity index (χ0n) is 12.4. The molecule has 112 valence electrons. The molecule has 1 aromatic heterocycles. The van der Waals surface area contributed by atoms with Crippen LogP contribution in [0.15, 0.2) is 47.5 Å². The second kappa shape index (κ2) is 8.16. The molecule has 0 spiro atoms. The number of aliphatic imine (C=N–C) groups is 1. The molecule has 0 amide bonds. The minimum absolute atomic E-state index is 0.291. The highest BCUT2D eigenvalue weighted by Gasteiger charge is 2.23. The molecule has 1 saturated heterocycles. The molecule has 0 aromatic carbocycles. The van der Waals surface area contributed by atoms with E-state index in [1.54, 1.807) is 18.6 Å². The fourth-order valence-corrected chi connectivity index (χ4v) is 2.31. The fourth-order valence-electron chi connectivity index (χ4n) is 2.31. The number of nitrogens with one attached hydrogen (secondary N) is 2. The number of hydrogen-bond donors (Lipinski definition) is 2. The highest BCUT2D eigenvalue weighted by atomic mass is 15.3. The van der Waals surface area contributed by atoms with E-state index in [0.29, 0.717) is 6.04 Å². The van der Waals surface area contributed by atoms with Crippen LogP contribution >= 0.6 is 0 Å². The van der Waals surface area contributed by atoms with Crippen molar-refractivity contribution >= 4 is 12.7 Å². The van der Waals surface area contributed by atoms with Gasteiger partial charge in [-0.2, -0.15) is 0 Å². The first kappa shape index (κ1) is 15.2. The van der Waals surface area contributed by atoms with Crippen LogP contribution in [0.3, 0.4) is 0 Å². The van der Waals surface area contributed by atoms with E-state index in [4.69, 9.17) is 0 Å². The standard InChI is InChI=1S/C15H22N6/c1-3-5-13(10-16-2)20-12-14-11-17-8-9-21(14)15-18-6-4-7-19-15/h3-7,10,14,17,20H,2,8-9,11-12H2,1H3/b5-3-,13-10+. The molecule has 1 aromatic rings. The summed E-state index contributed by atoms with van der Waals surface area (Å²) < 4.78 is 0. The second-order valence-electron chi connectivity index (χ2n) is 4.75. The van der Waals surface area contributed by atoms with E-state index in [2.05, 4.69) is 37.2 Å². The van der Waals surface area contributed by atoms with Gasteiger partial charge in [-0.25, -0.2) is 9.97 Å². The van der Waals surface area contributed by atoms with Crippen LogP contribution < -0.4 is 15.5 Å². The molecule has 6 heteroatoms. The quantitative estimate of drug-likeness (QED) is 0.602. The molecule has 0 radical (unpaired) electrons. The summed E-state index contributed by atoms with van der Waals surface area (Å²) >= 11 is 0. The minimum atomic E-state index is 0.291. The molecule has 1 atom stereocenters. The Hall–Kier alpha value is -2.21. The molecule has 6 nitrogen and oxygen atoms in total. The number of hydrogen-bond acceptors (Lipinski definition) is 6. The molecular weight excluding hydrogens is 264 g/mol. The van der Waals surface area contributed by atoms with Crippen LogP contribution in [0.2, 0.25) is 0 Å². The molecule has 2 heterocycles. The topological polar surface area (TPSA) is 65.4 Å². The van der Waals surface area contributed by atoms with Crippen LogP contribution in [0.25, 0.3) is 0 Å². The first-order valence-corrected chi connectivity index (χ1v) is 7.12. The van der Waals surface area contributed by atoms with Gasteiger partial charge >= 0.3 is 0 Å². The SMILES string of the molecule is C=N/C=C(\C=C/C)NCC1CNCCN1c1ncccn1. The van der Waals surface area contributed by atoms with Crippen LogP contribution in [-0.4, -0.2) is 48.9 Å². The van der Waals surface area contributed by atoms with Crippen molar-refractivity contribution in [2.75, 3.05) is 31.1 Å². The maximum absolute atomic E-state index is 4.35. The predicted octanol–water partition coefficient (Wildman–Crippen LogP) is 0.962. The summed E-state index contributed by atoms with van der Waals surface area (Å²) in [6.45, 7) is 9.01. The summed E-state index contributed by atoms with van der Waals surface area (Å²) in [5, 5.41) is 6.81. The molecule has 2 rings (SSSR count). The van der Waals surface area contributed by atoms with Crippen molar-refractivity contribution in [2.45, 2.75) is 13.0 Å². The highest BCUT2D eigenvalue weighted by Crippen LogP contribution is 2.12. The summed E-state index contributed by atoms with van der Waals surface area (Å²) in [7, 11) is 0. The van der Waals surface area contributed by atoms with Gasteiger partial charge in [0, 0.05) is 44.8 Å². The van der Waals surface area contributed by atoms with Crippen molar-refractivity contribution < 1.29 is 0 Å². The van der Waals surface area contributed by atoms with Gasteiger partial charge in [0.1, 0.15) is 0 Å². The Morgan fingerprint density at radius 1 is 1.57 bits per heavy atom. The first-order chi connectivity index (χ1) is 10.3. The van der Waals surface area contributed by atoms with Crippen molar-refractivity contribution in [3.8, 4) is 0 Å². The van der Waals surface area contributed by atoms with Crippen molar-refractivity contribution in [1.82, 2.24) is 20.6 Å². The monoisotopic (exact) mass is 286 g/mol. The molecule has 0 bridgehead atoms. The molecule has 1 aliphatic heterocycles. The number of aromatic nitrogens is 2. The number of rotatable bonds is 6. The number of nitrogens with zero attached hydrogens (tertiary/aromatic N) is 4. The van der Waals surface area contributed by atoms with E-state index >= 15 is 0 Å². The van der Waals surface area contributed by atoms with Crippen molar-refractivity contribution in [3.63, 3.8) is 0 Å². The molecule has 0 saturated carbocycles. The van der Waals surface area contributed by atoms with Crippen molar-refractivity contribution in [3.05, 3.63) is 42.5 Å². The van der Waals surface area contributed by atoms with Crippen LogP contribution in [-0.2, 0) is 0 Å². The molecule has 1 unspecified atom stereocenters. The van der Waals surface area contributed by atoms with Crippen molar-refractivity contribution in [2.24, 2.45) is 4.99 Å². The van der Waals surface area contributed by atoms with Crippen LogP contribution in [0.4, 0.5) is 5.95 Å². The zero-order valence-corrected chi connectivity index (χ0v) is 12.4. The highest BCUT2D eigenvalue weighted by molar-refractivity contribution is 5.33. The molecule has 21 heavy (non-hydrogen) atoms. The van der Waals surface area contributed by atoms with Crippen molar-refractivity contribution in [1.29, 1.82) is 0 Å². The fraction of sp³-hybridized carbons (Fsp3) is 0.400. The Bertz CT molecular complexity index is 496. The normalized spacial score (nSPS) is 19.8. The lowest BCUT2D eigenvalue weighted by molar-refractivity contribution is 0.457. The lowest BCUT2D eigenvalue weighted by Gasteiger charge is -2.36. The van der Waals surface area contributed by atoms with E-state index in [1.807, 2.05) is 25.1 Å². The minimum Gasteiger partial charge on any atom is -0.382 e. The Kier molecular flexibility index (Phi) is 5.90. The molecule has 1 aliphatic rings. The third-order valence-electron chi connectivity index (χ3n) is 3.28. The Balaban J connectivity index is 2.02. The Morgan fingerprint density at radius 3 is 3.10 bits per heavy atom. The predicted molar refractivity (Wildman–Crippen MR) is 86.5 cm³/mol. The van der Waals surface area contributed by atoms with Gasteiger partial charge in [0.15, 0.2) is 0 Å². The van der Waals surface area contributed by atoms with E-state index < -0.39 is 0 Å². The van der Waals surface area contributed by atoms with Crippen LogP contribution in [0.5, 0.6) is 0 Å². The molecule has 2 N–H and O–H groups in total. The second-order valence-corrected chi connectivity index (χ2v) is 4.75. The average Bonchev–Trinajstić information content (AvgIpc) is 2.54. The van der Waals surface area contributed by atoms with Gasteiger partial charge in [-0.1, -0.05) is 6.08 Å². The number of piperazine rings is 1. The first-order valence-electron chi connectivity index (χ1n) is 7.12. The molecule has 0 aliphatic carbocycles.